The minimum absolute atomic E-state index is 0.0280. The van der Waals surface area contributed by atoms with Crippen LogP contribution in [0.5, 0.6) is 0 Å². The summed E-state index contributed by atoms with van der Waals surface area (Å²) in [5, 5.41) is 4.43. The van der Waals surface area contributed by atoms with Crippen LogP contribution < -0.4 is 5.32 Å². The van der Waals surface area contributed by atoms with Crippen molar-refractivity contribution in [3.8, 4) is 0 Å². The number of esters is 1. The Labute approximate surface area is 125 Å². The number of aromatic nitrogens is 1. The molecular weight excluding hydrogens is 264 g/mol. The van der Waals surface area contributed by atoms with Gasteiger partial charge in [0.2, 0.25) is 0 Å². The van der Waals surface area contributed by atoms with Gasteiger partial charge in [0.1, 0.15) is 0 Å². The fraction of sp³-hybridized carbons (Fsp3) is 0.412. The highest BCUT2D eigenvalue weighted by Crippen LogP contribution is 2.22. The predicted molar refractivity (Wildman–Crippen MR) is 84.1 cm³/mol. The maximum Gasteiger partial charge on any atom is 0.307 e. The molecule has 21 heavy (non-hydrogen) atoms. The van der Waals surface area contributed by atoms with Gasteiger partial charge in [0.25, 0.3) is 0 Å². The van der Waals surface area contributed by atoms with Crippen molar-refractivity contribution in [1.29, 1.82) is 0 Å². The molecule has 0 aliphatic heterocycles. The van der Waals surface area contributed by atoms with Crippen LogP contribution in [0.2, 0.25) is 0 Å². The van der Waals surface area contributed by atoms with Gasteiger partial charge < -0.3 is 10.1 Å². The van der Waals surface area contributed by atoms with Crippen LogP contribution in [-0.4, -0.2) is 24.1 Å². The van der Waals surface area contributed by atoms with Gasteiger partial charge in [-0.1, -0.05) is 19.1 Å². The van der Waals surface area contributed by atoms with Gasteiger partial charge in [-0.25, -0.2) is 0 Å². The Kier molecular flexibility index (Phi) is 5.28. The largest absolute Gasteiger partial charge is 0.466 e. The van der Waals surface area contributed by atoms with Crippen molar-refractivity contribution in [2.24, 2.45) is 0 Å². The number of hydrogen-bond donors (Lipinski definition) is 1. The Morgan fingerprint density at radius 2 is 2.10 bits per heavy atom. The van der Waals surface area contributed by atoms with E-state index in [-0.39, 0.29) is 12.0 Å². The molecule has 1 aromatic carbocycles. The van der Waals surface area contributed by atoms with E-state index in [0.29, 0.717) is 13.0 Å². The Bertz CT molecular complexity index is 625. The van der Waals surface area contributed by atoms with Gasteiger partial charge in [-0.15, -0.1) is 0 Å². The molecule has 2 rings (SSSR count). The van der Waals surface area contributed by atoms with Crippen LogP contribution in [0.25, 0.3) is 10.9 Å². The van der Waals surface area contributed by atoms with Gasteiger partial charge in [-0.3, -0.25) is 9.78 Å². The van der Waals surface area contributed by atoms with Crippen LogP contribution in [0.15, 0.2) is 30.3 Å². The molecule has 0 saturated heterocycles. The molecule has 0 amide bonds. The molecule has 1 unspecified atom stereocenters. The molecule has 0 radical (unpaired) electrons. The van der Waals surface area contributed by atoms with E-state index in [0.717, 1.165) is 28.7 Å². The van der Waals surface area contributed by atoms with Gasteiger partial charge in [0.15, 0.2) is 0 Å². The predicted octanol–water partition coefficient (Wildman–Crippen LogP) is 3.15. The third-order valence-corrected chi connectivity index (χ3v) is 3.38. The van der Waals surface area contributed by atoms with Crippen molar-refractivity contribution in [2.75, 3.05) is 13.2 Å². The molecule has 4 heteroatoms. The highest BCUT2D eigenvalue weighted by molar-refractivity contribution is 5.80. The molecule has 1 atom stereocenters. The Morgan fingerprint density at radius 1 is 1.29 bits per heavy atom. The van der Waals surface area contributed by atoms with Crippen LogP contribution in [0.3, 0.4) is 0 Å². The van der Waals surface area contributed by atoms with Gasteiger partial charge in [0.05, 0.1) is 18.5 Å². The van der Waals surface area contributed by atoms with E-state index in [1.54, 1.807) is 0 Å². The van der Waals surface area contributed by atoms with Crippen LogP contribution in [0.1, 0.15) is 37.6 Å². The van der Waals surface area contributed by atoms with Crippen molar-refractivity contribution in [2.45, 2.75) is 33.2 Å². The average molecular weight is 286 g/mol. The quantitative estimate of drug-likeness (QED) is 0.829. The number of nitrogens with zero attached hydrogens (tertiary/aromatic N) is 1. The maximum absolute atomic E-state index is 11.7. The van der Waals surface area contributed by atoms with Crippen LogP contribution >= 0.6 is 0 Å². The number of ether oxygens (including phenoxy) is 1. The lowest BCUT2D eigenvalue weighted by Crippen LogP contribution is -2.24. The van der Waals surface area contributed by atoms with Crippen molar-refractivity contribution < 1.29 is 9.53 Å². The molecule has 0 aliphatic carbocycles. The molecule has 0 bridgehead atoms. The van der Waals surface area contributed by atoms with Crippen molar-refractivity contribution in [3.05, 3.63) is 41.6 Å². The molecule has 1 N–H and O–H groups in total. The second-order valence-corrected chi connectivity index (χ2v) is 5.02. The number of carbonyl (C=O) groups is 1. The fourth-order valence-electron chi connectivity index (χ4n) is 2.40. The third-order valence-electron chi connectivity index (χ3n) is 3.38. The van der Waals surface area contributed by atoms with E-state index in [2.05, 4.69) is 22.4 Å². The fourth-order valence-corrected chi connectivity index (χ4v) is 2.40. The van der Waals surface area contributed by atoms with Gasteiger partial charge in [0, 0.05) is 17.1 Å². The summed E-state index contributed by atoms with van der Waals surface area (Å²) in [5.41, 5.74) is 3.07. The summed E-state index contributed by atoms with van der Waals surface area (Å²) in [5.74, 6) is -0.175. The lowest BCUT2D eigenvalue weighted by Gasteiger charge is -2.18. The minimum atomic E-state index is -0.175. The molecular formula is C17H22N2O2. The van der Waals surface area contributed by atoms with Gasteiger partial charge in [-0.05, 0) is 44.2 Å². The number of aryl methyl sites for hydroxylation is 1. The number of benzene rings is 1. The van der Waals surface area contributed by atoms with E-state index in [1.165, 1.54) is 0 Å². The van der Waals surface area contributed by atoms with Crippen LogP contribution in [0.4, 0.5) is 0 Å². The zero-order valence-electron chi connectivity index (χ0n) is 12.8. The molecule has 1 heterocycles. The third kappa shape index (κ3) is 4.02. The lowest BCUT2D eigenvalue weighted by molar-refractivity contribution is -0.143. The van der Waals surface area contributed by atoms with Crippen LogP contribution in [-0.2, 0) is 9.53 Å². The number of pyridine rings is 1. The monoisotopic (exact) mass is 286 g/mol. The van der Waals surface area contributed by atoms with E-state index >= 15 is 0 Å². The number of rotatable bonds is 6. The first kappa shape index (κ1) is 15.4. The normalized spacial score (nSPS) is 12.3. The van der Waals surface area contributed by atoms with Gasteiger partial charge in [-0.2, -0.15) is 0 Å². The SMILES string of the molecule is CCNC(CC(=O)OCC)c1ccc2nc(C)ccc2c1. The van der Waals surface area contributed by atoms with E-state index < -0.39 is 0 Å². The standard InChI is InChI=1S/C17H22N2O2/c1-4-18-16(11-17(20)21-5-2)14-8-9-15-13(10-14)7-6-12(3)19-15/h6-10,16,18H,4-5,11H2,1-3H3. The first-order valence-corrected chi connectivity index (χ1v) is 7.40. The summed E-state index contributed by atoms with van der Waals surface area (Å²) >= 11 is 0. The summed E-state index contributed by atoms with van der Waals surface area (Å²) in [6, 6.07) is 10.2. The Morgan fingerprint density at radius 3 is 2.81 bits per heavy atom. The van der Waals surface area contributed by atoms with Crippen molar-refractivity contribution in [3.63, 3.8) is 0 Å². The molecule has 2 aromatic rings. The first-order valence-electron chi connectivity index (χ1n) is 7.40. The maximum atomic E-state index is 11.7. The molecule has 112 valence electrons. The first-order chi connectivity index (χ1) is 10.1. The minimum Gasteiger partial charge on any atom is -0.466 e. The Hall–Kier alpha value is -1.94. The summed E-state index contributed by atoms with van der Waals surface area (Å²) in [6.07, 6.45) is 0.340. The number of hydrogen-bond acceptors (Lipinski definition) is 4. The highest BCUT2D eigenvalue weighted by atomic mass is 16.5. The van der Waals surface area contributed by atoms with Gasteiger partial charge >= 0.3 is 5.97 Å². The number of nitrogens with one attached hydrogen (secondary N) is 1. The second kappa shape index (κ2) is 7.18. The molecule has 1 aromatic heterocycles. The average Bonchev–Trinajstić information content (AvgIpc) is 2.46. The smallest absolute Gasteiger partial charge is 0.307 e. The number of carbonyl (C=O) groups excluding carboxylic acids is 1. The topological polar surface area (TPSA) is 51.2 Å². The number of fused-ring (bicyclic) bond motifs is 1. The zero-order valence-corrected chi connectivity index (χ0v) is 12.8. The highest BCUT2D eigenvalue weighted by Gasteiger charge is 2.16. The zero-order chi connectivity index (χ0) is 15.2. The second-order valence-electron chi connectivity index (χ2n) is 5.02. The summed E-state index contributed by atoms with van der Waals surface area (Å²) in [7, 11) is 0. The van der Waals surface area contributed by atoms with E-state index in [4.69, 9.17) is 4.74 Å². The van der Waals surface area contributed by atoms with E-state index in [1.807, 2.05) is 39.0 Å². The van der Waals surface area contributed by atoms with Crippen molar-refractivity contribution in [1.82, 2.24) is 10.3 Å². The summed E-state index contributed by atoms with van der Waals surface area (Å²) in [6.45, 7) is 7.05. The molecule has 4 nitrogen and oxygen atoms in total. The molecule has 0 saturated carbocycles. The Balaban J connectivity index is 2.27. The summed E-state index contributed by atoms with van der Waals surface area (Å²) < 4.78 is 5.05. The molecule has 0 spiro atoms. The molecule has 0 fully saturated rings. The lowest BCUT2D eigenvalue weighted by atomic mass is 10.0. The molecule has 0 aliphatic rings. The summed E-state index contributed by atoms with van der Waals surface area (Å²) in [4.78, 5) is 16.2. The van der Waals surface area contributed by atoms with Crippen molar-refractivity contribution >= 4 is 16.9 Å². The van der Waals surface area contributed by atoms with E-state index in [9.17, 15) is 4.79 Å². The van der Waals surface area contributed by atoms with Crippen LogP contribution in [0, 0.1) is 6.92 Å².